The summed E-state index contributed by atoms with van der Waals surface area (Å²) in [5.41, 5.74) is 2.66. The van der Waals surface area contributed by atoms with Crippen molar-refractivity contribution in [3.63, 3.8) is 0 Å². The number of esters is 1. The van der Waals surface area contributed by atoms with Crippen LogP contribution in [-0.2, 0) is 14.3 Å². The first-order valence-electron chi connectivity index (χ1n) is 14.1. The van der Waals surface area contributed by atoms with Crippen molar-refractivity contribution in [3.8, 4) is 0 Å². The van der Waals surface area contributed by atoms with E-state index in [2.05, 4.69) is 68.9 Å². The third-order valence-electron chi connectivity index (χ3n) is 7.28. The van der Waals surface area contributed by atoms with Crippen LogP contribution in [0, 0.1) is 11.8 Å². The Labute approximate surface area is 238 Å². The molecule has 1 saturated heterocycles. The van der Waals surface area contributed by atoms with Crippen LogP contribution in [0.25, 0.3) is 0 Å². The molecule has 2 rings (SSSR count). The molecule has 0 spiro atoms. The number of amides is 2. The number of carbonyl (C=O) groups is 3. The van der Waals surface area contributed by atoms with Crippen LogP contribution < -0.4 is 5.32 Å². The molecule has 0 aromatic carbocycles. The summed E-state index contributed by atoms with van der Waals surface area (Å²) in [6.45, 7) is 18.3. The van der Waals surface area contributed by atoms with Crippen molar-refractivity contribution in [2.75, 3.05) is 26.7 Å². The average Bonchev–Trinajstić information content (AvgIpc) is 3.57. The van der Waals surface area contributed by atoms with Gasteiger partial charge in [0, 0.05) is 25.0 Å². The molecule has 0 radical (unpaired) electrons. The zero-order valence-corrected chi connectivity index (χ0v) is 26.1. The number of allylic oxidation sites excluding steroid dienone is 2. The number of carbonyl (C=O) groups excluding carboxylic acids is 3. The van der Waals surface area contributed by atoms with E-state index in [-0.39, 0.29) is 41.4 Å². The number of rotatable bonds is 13. The Morgan fingerprint density at radius 1 is 1.15 bits per heavy atom. The van der Waals surface area contributed by atoms with Crippen LogP contribution in [0.1, 0.15) is 96.2 Å². The van der Waals surface area contributed by atoms with E-state index < -0.39 is 12.0 Å². The maximum atomic E-state index is 13.9. The van der Waals surface area contributed by atoms with Gasteiger partial charge < -0.3 is 15.0 Å². The van der Waals surface area contributed by atoms with Crippen LogP contribution in [0.2, 0.25) is 0 Å². The summed E-state index contributed by atoms with van der Waals surface area (Å²) < 4.78 is 4.80. The molecule has 2 amide bonds. The highest BCUT2D eigenvalue weighted by molar-refractivity contribution is 7.09. The van der Waals surface area contributed by atoms with Gasteiger partial charge in [-0.15, -0.1) is 11.3 Å². The number of nitrogens with one attached hydrogen (secondary N) is 1. The Bertz CT molecular complexity index is 1020. The fourth-order valence-electron chi connectivity index (χ4n) is 4.77. The third-order valence-corrected chi connectivity index (χ3v) is 8.23. The number of ether oxygens (including phenoxy) is 1. The van der Waals surface area contributed by atoms with Gasteiger partial charge in [-0.05, 0) is 52.4 Å². The Morgan fingerprint density at radius 3 is 2.28 bits per heavy atom. The second kappa shape index (κ2) is 15.3. The number of likely N-dealkylation sites (tertiary alicyclic amines) is 1. The van der Waals surface area contributed by atoms with Crippen LogP contribution in [-0.4, -0.2) is 71.4 Å². The van der Waals surface area contributed by atoms with Crippen molar-refractivity contribution >= 4 is 29.1 Å². The van der Waals surface area contributed by atoms with Gasteiger partial charge in [-0.3, -0.25) is 14.5 Å². The van der Waals surface area contributed by atoms with Crippen molar-refractivity contribution < 1.29 is 19.1 Å². The third kappa shape index (κ3) is 9.00. The molecule has 0 saturated carbocycles. The van der Waals surface area contributed by atoms with E-state index in [9.17, 15) is 14.4 Å². The molecule has 218 valence electrons. The van der Waals surface area contributed by atoms with Gasteiger partial charge in [-0.25, -0.2) is 9.78 Å². The van der Waals surface area contributed by atoms with E-state index in [0.29, 0.717) is 19.6 Å². The minimum atomic E-state index is -0.654. The van der Waals surface area contributed by atoms with Gasteiger partial charge in [-0.1, -0.05) is 57.4 Å². The number of thiazole rings is 1. The summed E-state index contributed by atoms with van der Waals surface area (Å²) in [5.74, 6) is -0.679. The van der Waals surface area contributed by atoms with E-state index in [1.807, 2.05) is 18.7 Å². The molecule has 1 aromatic heterocycles. The summed E-state index contributed by atoms with van der Waals surface area (Å²) in [6.07, 6.45) is 6.76. The fourth-order valence-corrected chi connectivity index (χ4v) is 5.70. The van der Waals surface area contributed by atoms with E-state index in [4.69, 9.17) is 4.74 Å². The second-order valence-electron chi connectivity index (χ2n) is 11.3. The topological polar surface area (TPSA) is 91.8 Å². The Kier molecular flexibility index (Phi) is 12.8. The molecule has 2 heterocycles. The van der Waals surface area contributed by atoms with Gasteiger partial charge in [-0.2, -0.15) is 0 Å². The van der Waals surface area contributed by atoms with Crippen molar-refractivity contribution in [3.05, 3.63) is 39.4 Å². The number of methoxy groups -OCH3 is 1. The predicted molar refractivity (Wildman–Crippen MR) is 158 cm³/mol. The predicted octanol–water partition coefficient (Wildman–Crippen LogP) is 5.38. The average molecular weight is 561 g/mol. The lowest BCUT2D eigenvalue weighted by Gasteiger charge is -2.36. The first-order valence-corrected chi connectivity index (χ1v) is 14.9. The van der Waals surface area contributed by atoms with Crippen LogP contribution in [0.5, 0.6) is 0 Å². The molecule has 0 bridgehead atoms. The largest absolute Gasteiger partial charge is 0.464 e. The summed E-state index contributed by atoms with van der Waals surface area (Å²) in [7, 11) is 1.33. The molecule has 4 atom stereocenters. The first-order chi connectivity index (χ1) is 18.4. The number of hydrogen-bond acceptors (Lipinski definition) is 7. The molecule has 1 fully saturated rings. The molecule has 39 heavy (non-hydrogen) atoms. The molecule has 1 N–H and O–H groups in total. The minimum absolute atomic E-state index is 0.0915. The Hall–Kier alpha value is -2.52. The van der Waals surface area contributed by atoms with Crippen molar-refractivity contribution in [2.45, 2.75) is 92.8 Å². The van der Waals surface area contributed by atoms with E-state index in [1.54, 1.807) is 5.38 Å². The molecule has 1 aliphatic heterocycles. The van der Waals surface area contributed by atoms with Gasteiger partial charge in [0.2, 0.25) is 11.8 Å². The molecular weight excluding hydrogens is 512 g/mol. The van der Waals surface area contributed by atoms with E-state index in [0.717, 1.165) is 24.3 Å². The van der Waals surface area contributed by atoms with Crippen LogP contribution >= 0.6 is 11.3 Å². The highest BCUT2D eigenvalue weighted by Crippen LogP contribution is 2.35. The van der Waals surface area contributed by atoms with Gasteiger partial charge >= 0.3 is 5.97 Å². The van der Waals surface area contributed by atoms with Gasteiger partial charge in [0.1, 0.15) is 11.0 Å². The molecule has 2 unspecified atom stereocenters. The maximum absolute atomic E-state index is 13.9. The first kappa shape index (κ1) is 32.7. The lowest BCUT2D eigenvalue weighted by molar-refractivity contribution is -0.140. The molecule has 8 nitrogen and oxygen atoms in total. The standard InChI is InChI=1S/C30H48N4O4S/c1-10-22(8)26(33(16-13-19(2)3)17-14-20(4)5)27(35)32-25(21(6)7)29(36)34-15-11-12-24(34)28-31-23(18-39-28)30(37)38-9/h13-14,18,21-22,24-26H,10-12,15-17H2,1-9H3,(H,32,35)/t22?,24?,25-,26-/m0/s1. The summed E-state index contributed by atoms with van der Waals surface area (Å²) >= 11 is 1.37. The fraction of sp³-hybridized carbons (Fsp3) is 0.667. The lowest BCUT2D eigenvalue weighted by Crippen LogP contribution is -2.57. The highest BCUT2D eigenvalue weighted by atomic mass is 32.1. The van der Waals surface area contributed by atoms with Crippen LogP contribution in [0.4, 0.5) is 0 Å². The second-order valence-corrected chi connectivity index (χ2v) is 12.2. The number of nitrogens with zero attached hydrogens (tertiary/aromatic N) is 3. The molecule has 1 aromatic rings. The van der Waals surface area contributed by atoms with Gasteiger partial charge in [0.05, 0.1) is 19.2 Å². The van der Waals surface area contributed by atoms with Crippen molar-refractivity contribution in [2.24, 2.45) is 11.8 Å². The quantitative estimate of drug-likeness (QED) is 0.257. The SMILES string of the molecule is CCC(C)[C@@H](C(=O)N[C@H](C(=O)N1CCCC1c1nc(C(=O)OC)cs1)C(C)C)N(CC=C(C)C)CC=C(C)C. The molecule has 9 heteroatoms. The Balaban J connectivity index is 2.31. The smallest absolute Gasteiger partial charge is 0.357 e. The number of aromatic nitrogens is 1. The molecular formula is C30H48N4O4S. The van der Waals surface area contributed by atoms with Gasteiger partial charge in [0.15, 0.2) is 5.69 Å². The van der Waals surface area contributed by atoms with E-state index in [1.165, 1.54) is 29.6 Å². The maximum Gasteiger partial charge on any atom is 0.357 e. The summed E-state index contributed by atoms with van der Waals surface area (Å²) in [4.78, 5) is 48.3. The Morgan fingerprint density at radius 2 is 1.77 bits per heavy atom. The highest BCUT2D eigenvalue weighted by Gasteiger charge is 2.39. The van der Waals surface area contributed by atoms with Crippen molar-refractivity contribution in [1.29, 1.82) is 0 Å². The zero-order valence-electron chi connectivity index (χ0n) is 25.2. The van der Waals surface area contributed by atoms with Gasteiger partial charge in [0.25, 0.3) is 0 Å². The summed E-state index contributed by atoms with van der Waals surface area (Å²) in [5, 5.41) is 5.56. The molecule has 0 aliphatic carbocycles. The van der Waals surface area contributed by atoms with Crippen LogP contribution in [0.15, 0.2) is 28.7 Å². The van der Waals surface area contributed by atoms with E-state index >= 15 is 0 Å². The number of hydrogen-bond donors (Lipinski definition) is 1. The molecule has 1 aliphatic rings. The zero-order chi connectivity index (χ0) is 29.3. The normalized spacial score (nSPS) is 17.5. The monoisotopic (exact) mass is 560 g/mol. The minimum Gasteiger partial charge on any atom is -0.464 e. The van der Waals surface area contributed by atoms with Crippen molar-refractivity contribution in [1.82, 2.24) is 20.1 Å². The summed E-state index contributed by atoms with van der Waals surface area (Å²) in [6, 6.07) is -1.24. The lowest BCUT2D eigenvalue weighted by atomic mass is 9.94. The van der Waals surface area contributed by atoms with Crippen LogP contribution in [0.3, 0.4) is 0 Å².